The molecule has 8 aromatic carbocycles. The van der Waals surface area contributed by atoms with Gasteiger partial charge in [-0.25, -0.2) is 19.9 Å². The van der Waals surface area contributed by atoms with E-state index in [1.807, 2.05) is 84.9 Å². The van der Waals surface area contributed by atoms with Crippen LogP contribution in [0, 0.1) is 0 Å². The van der Waals surface area contributed by atoms with E-state index in [0.717, 1.165) is 82.4 Å². The van der Waals surface area contributed by atoms with Crippen molar-refractivity contribution in [3.8, 4) is 56.7 Å². The van der Waals surface area contributed by atoms with Crippen LogP contribution in [0.2, 0.25) is 0 Å². The van der Waals surface area contributed by atoms with Crippen molar-refractivity contribution in [2.75, 3.05) is 0 Å². The molecule has 11 aromatic rings. The Morgan fingerprint density at radius 3 is 1.41 bits per heavy atom. The van der Waals surface area contributed by atoms with Crippen LogP contribution in [0.15, 0.2) is 179 Å². The van der Waals surface area contributed by atoms with Crippen molar-refractivity contribution in [1.82, 2.24) is 19.9 Å². The lowest BCUT2D eigenvalue weighted by molar-refractivity contribution is 0.617. The van der Waals surface area contributed by atoms with Crippen molar-refractivity contribution in [2.24, 2.45) is 0 Å². The molecule has 0 spiro atoms. The number of para-hydroxylation sites is 1. The third kappa shape index (κ3) is 4.89. The number of hydrogen-bond donors (Lipinski definition) is 0. The zero-order valence-electron chi connectivity index (χ0n) is 28.8. The van der Waals surface area contributed by atoms with Crippen molar-refractivity contribution >= 4 is 54.6 Å². The number of nitrogens with zero attached hydrogens (tertiary/aromatic N) is 4. The van der Waals surface area contributed by atoms with E-state index in [4.69, 9.17) is 28.8 Å². The van der Waals surface area contributed by atoms with Gasteiger partial charge in [0, 0.05) is 39.1 Å². The highest BCUT2D eigenvalue weighted by Crippen LogP contribution is 2.44. The number of oxazole rings is 1. The molecule has 3 aromatic heterocycles. The highest BCUT2D eigenvalue weighted by molar-refractivity contribution is 6.21. The maximum atomic E-state index is 6.30. The lowest BCUT2D eigenvalue weighted by Crippen LogP contribution is -2.01. The average molecular weight is 693 g/mol. The van der Waals surface area contributed by atoms with Gasteiger partial charge >= 0.3 is 0 Å². The van der Waals surface area contributed by atoms with Gasteiger partial charge in [0.15, 0.2) is 23.1 Å². The van der Waals surface area contributed by atoms with E-state index in [9.17, 15) is 0 Å². The van der Waals surface area contributed by atoms with E-state index in [0.29, 0.717) is 28.9 Å². The van der Waals surface area contributed by atoms with E-state index < -0.39 is 0 Å². The number of hydrogen-bond acceptors (Lipinski definition) is 6. The van der Waals surface area contributed by atoms with Crippen LogP contribution < -0.4 is 0 Å². The van der Waals surface area contributed by atoms with Gasteiger partial charge in [-0.2, -0.15) is 0 Å². The summed E-state index contributed by atoms with van der Waals surface area (Å²) in [5, 5.41) is 6.44. The number of fused-ring (bicyclic) bond motifs is 6. The van der Waals surface area contributed by atoms with Crippen LogP contribution in [0.25, 0.3) is 111 Å². The first-order chi connectivity index (χ1) is 26.7. The second kappa shape index (κ2) is 12.1. The first-order valence-corrected chi connectivity index (χ1v) is 17.9. The summed E-state index contributed by atoms with van der Waals surface area (Å²) in [4.78, 5) is 20.2. The van der Waals surface area contributed by atoms with Gasteiger partial charge in [0.05, 0.1) is 0 Å². The highest BCUT2D eigenvalue weighted by atomic mass is 16.4. The molecule has 0 fully saturated rings. The molecule has 6 heteroatoms. The van der Waals surface area contributed by atoms with E-state index in [1.54, 1.807) is 0 Å². The van der Waals surface area contributed by atoms with Gasteiger partial charge in [-0.3, -0.25) is 0 Å². The van der Waals surface area contributed by atoms with Crippen LogP contribution in [0.1, 0.15) is 0 Å². The van der Waals surface area contributed by atoms with E-state index in [-0.39, 0.29) is 0 Å². The number of benzene rings is 8. The second-order valence-corrected chi connectivity index (χ2v) is 13.4. The quantitative estimate of drug-likeness (QED) is 0.167. The Labute approximate surface area is 309 Å². The van der Waals surface area contributed by atoms with Crippen LogP contribution in [-0.2, 0) is 0 Å². The number of aromatic nitrogens is 4. The minimum Gasteiger partial charge on any atom is -0.456 e. The first-order valence-electron chi connectivity index (χ1n) is 17.9. The molecule has 0 unspecified atom stereocenters. The van der Waals surface area contributed by atoms with Gasteiger partial charge in [0.25, 0.3) is 0 Å². The fraction of sp³-hybridized carbons (Fsp3) is 0. The fourth-order valence-electron chi connectivity index (χ4n) is 7.65. The molecule has 0 amide bonds. The van der Waals surface area contributed by atoms with Crippen molar-refractivity contribution in [1.29, 1.82) is 0 Å². The van der Waals surface area contributed by atoms with Crippen molar-refractivity contribution < 1.29 is 8.83 Å². The molecule has 3 heterocycles. The van der Waals surface area contributed by atoms with Gasteiger partial charge in [-0.1, -0.05) is 140 Å². The Balaban J connectivity index is 1.07. The van der Waals surface area contributed by atoms with E-state index in [1.165, 1.54) is 0 Å². The summed E-state index contributed by atoms with van der Waals surface area (Å²) in [7, 11) is 0. The molecular formula is C48H28N4O2. The largest absolute Gasteiger partial charge is 0.456 e. The van der Waals surface area contributed by atoms with Crippen LogP contribution in [0.5, 0.6) is 0 Å². The molecule has 0 aliphatic heterocycles. The minimum absolute atomic E-state index is 0.567. The van der Waals surface area contributed by atoms with Crippen molar-refractivity contribution in [2.45, 2.75) is 0 Å². The molecule has 0 atom stereocenters. The maximum Gasteiger partial charge on any atom is 0.227 e. The lowest BCUT2D eigenvalue weighted by atomic mass is 9.88. The third-order valence-corrected chi connectivity index (χ3v) is 10.2. The van der Waals surface area contributed by atoms with Gasteiger partial charge < -0.3 is 8.83 Å². The summed E-state index contributed by atoms with van der Waals surface area (Å²) >= 11 is 0. The maximum absolute atomic E-state index is 6.30. The molecule has 0 N–H and O–H groups in total. The van der Waals surface area contributed by atoms with Gasteiger partial charge in [-0.05, 0) is 56.9 Å². The number of furan rings is 1. The van der Waals surface area contributed by atoms with Gasteiger partial charge in [-0.15, -0.1) is 0 Å². The van der Waals surface area contributed by atoms with E-state index in [2.05, 4.69) is 84.9 Å². The average Bonchev–Trinajstić information content (AvgIpc) is 3.83. The van der Waals surface area contributed by atoms with Gasteiger partial charge in [0.1, 0.15) is 16.7 Å². The Hall–Kier alpha value is -7.44. The zero-order valence-corrected chi connectivity index (χ0v) is 28.8. The Morgan fingerprint density at radius 2 is 0.796 bits per heavy atom. The van der Waals surface area contributed by atoms with E-state index >= 15 is 0 Å². The molecule has 0 saturated heterocycles. The summed E-state index contributed by atoms with van der Waals surface area (Å²) in [6.07, 6.45) is 0. The van der Waals surface area contributed by atoms with Crippen LogP contribution in [-0.4, -0.2) is 19.9 Å². The SMILES string of the molecule is c1ccc(-c2nc(-c3ccccc3)nc(-c3c4ccccc4c(-c4ccc(-c5nc6cc7c(cc6o5)oc5ccccc57)cc4)c4ccccc34)n2)cc1. The summed E-state index contributed by atoms with van der Waals surface area (Å²) in [5.41, 5.74) is 9.10. The predicted octanol–water partition coefficient (Wildman–Crippen LogP) is 12.6. The smallest absolute Gasteiger partial charge is 0.227 e. The second-order valence-electron chi connectivity index (χ2n) is 13.4. The third-order valence-electron chi connectivity index (χ3n) is 10.2. The molecule has 252 valence electrons. The molecule has 0 bridgehead atoms. The summed E-state index contributed by atoms with van der Waals surface area (Å²) < 4.78 is 12.4. The summed E-state index contributed by atoms with van der Waals surface area (Å²) in [5.74, 6) is 2.46. The minimum atomic E-state index is 0.567. The van der Waals surface area contributed by atoms with Gasteiger partial charge in [0.2, 0.25) is 5.89 Å². The molecule has 0 saturated carbocycles. The Bertz CT molecular complexity index is 3090. The zero-order chi connectivity index (χ0) is 35.6. The summed E-state index contributed by atoms with van der Waals surface area (Å²) in [6, 6.07) is 57.8. The molecule has 11 rings (SSSR count). The summed E-state index contributed by atoms with van der Waals surface area (Å²) in [6.45, 7) is 0. The molecular weight excluding hydrogens is 665 g/mol. The highest BCUT2D eigenvalue weighted by Gasteiger charge is 2.21. The number of rotatable bonds is 5. The van der Waals surface area contributed by atoms with Crippen LogP contribution in [0.4, 0.5) is 0 Å². The fourth-order valence-corrected chi connectivity index (χ4v) is 7.65. The van der Waals surface area contributed by atoms with Crippen molar-refractivity contribution in [3.63, 3.8) is 0 Å². The van der Waals surface area contributed by atoms with Crippen LogP contribution >= 0.6 is 0 Å². The first kappa shape index (κ1) is 30.2. The molecule has 0 radical (unpaired) electrons. The molecule has 0 aliphatic carbocycles. The topological polar surface area (TPSA) is 77.8 Å². The molecule has 6 nitrogen and oxygen atoms in total. The monoisotopic (exact) mass is 692 g/mol. The van der Waals surface area contributed by atoms with Crippen LogP contribution in [0.3, 0.4) is 0 Å². The molecule has 54 heavy (non-hydrogen) atoms. The predicted molar refractivity (Wildman–Crippen MR) is 217 cm³/mol. The lowest BCUT2D eigenvalue weighted by Gasteiger charge is -2.17. The normalized spacial score (nSPS) is 11.7. The molecule has 0 aliphatic rings. The Morgan fingerprint density at radius 1 is 0.296 bits per heavy atom. The Kier molecular flexibility index (Phi) is 6.75. The van der Waals surface area contributed by atoms with Crippen molar-refractivity contribution in [3.05, 3.63) is 170 Å². The standard InChI is InChI=1S/C48H28N4O2/c1-3-13-30(14-4-1)45-50-46(31-15-5-2-6-16-31)52-47(51-45)44-36-20-9-7-18-34(36)43(35-19-8-10-21-37(35)44)29-23-25-32(26-24-29)48-49-39-27-38-33-17-11-12-22-40(33)53-41(38)28-42(39)54-48/h1-28H.